The number of benzene rings is 2. The number of carbonyl (C=O) groups is 1. The Labute approximate surface area is 161 Å². The van der Waals surface area contributed by atoms with Crippen molar-refractivity contribution in [2.75, 3.05) is 19.5 Å². The van der Waals surface area contributed by atoms with Gasteiger partial charge in [0.05, 0.1) is 12.7 Å². The number of carbonyl (C=O) groups excluding carboxylic acids is 1. The van der Waals surface area contributed by atoms with Crippen molar-refractivity contribution < 1.29 is 14.6 Å². The highest BCUT2D eigenvalue weighted by Gasteiger charge is 2.16. The normalized spacial score (nSPS) is 11.0. The van der Waals surface area contributed by atoms with Crippen LogP contribution in [0.15, 0.2) is 36.4 Å². The summed E-state index contributed by atoms with van der Waals surface area (Å²) in [5, 5.41) is 13.8. The molecule has 0 aliphatic carbocycles. The molecule has 0 unspecified atom stereocenters. The number of methoxy groups -OCH3 is 1. The van der Waals surface area contributed by atoms with Crippen LogP contribution in [0.2, 0.25) is 0 Å². The van der Waals surface area contributed by atoms with Crippen molar-refractivity contribution in [2.45, 2.75) is 39.5 Å². The van der Waals surface area contributed by atoms with Crippen LogP contribution < -0.4 is 10.1 Å². The van der Waals surface area contributed by atoms with E-state index in [9.17, 15) is 9.90 Å². The second kappa shape index (κ2) is 9.81. The SMILES string of the molecule is CCCc1cc(CCC)c(OC)c(/C=C/C(=O)c2ccc(NC)cc2)c1O. The second-order valence-electron chi connectivity index (χ2n) is 6.52. The first kappa shape index (κ1) is 20.6. The van der Waals surface area contributed by atoms with Gasteiger partial charge < -0.3 is 15.2 Å². The van der Waals surface area contributed by atoms with Gasteiger partial charge in [-0.15, -0.1) is 0 Å². The third-order valence-corrected chi connectivity index (χ3v) is 4.55. The molecule has 0 saturated carbocycles. The fourth-order valence-corrected chi connectivity index (χ4v) is 3.16. The summed E-state index contributed by atoms with van der Waals surface area (Å²) in [4.78, 5) is 12.5. The molecule has 0 aliphatic rings. The zero-order valence-electron chi connectivity index (χ0n) is 16.6. The van der Waals surface area contributed by atoms with E-state index in [1.54, 1.807) is 25.3 Å². The van der Waals surface area contributed by atoms with Crippen LogP contribution in [0.1, 0.15) is 53.7 Å². The van der Waals surface area contributed by atoms with Crippen molar-refractivity contribution in [1.82, 2.24) is 0 Å². The average Bonchev–Trinajstić information content (AvgIpc) is 2.69. The molecule has 2 rings (SSSR count). The molecule has 0 saturated heterocycles. The van der Waals surface area contributed by atoms with Crippen molar-refractivity contribution in [2.24, 2.45) is 0 Å². The number of aromatic hydroxyl groups is 1. The van der Waals surface area contributed by atoms with Gasteiger partial charge in [-0.05, 0) is 66.5 Å². The van der Waals surface area contributed by atoms with Gasteiger partial charge in [-0.3, -0.25) is 4.79 Å². The number of phenols is 1. The van der Waals surface area contributed by atoms with Crippen molar-refractivity contribution in [3.05, 3.63) is 58.7 Å². The molecule has 4 nitrogen and oxygen atoms in total. The molecule has 2 aromatic carbocycles. The largest absolute Gasteiger partial charge is 0.507 e. The number of hydrogen-bond acceptors (Lipinski definition) is 4. The quantitative estimate of drug-likeness (QED) is 0.470. The molecule has 0 fully saturated rings. The summed E-state index contributed by atoms with van der Waals surface area (Å²) in [6.07, 6.45) is 6.73. The van der Waals surface area contributed by atoms with Crippen molar-refractivity contribution in [1.29, 1.82) is 0 Å². The summed E-state index contributed by atoms with van der Waals surface area (Å²) in [6, 6.07) is 9.31. The third-order valence-electron chi connectivity index (χ3n) is 4.55. The van der Waals surface area contributed by atoms with Gasteiger partial charge in [-0.2, -0.15) is 0 Å². The molecule has 0 aromatic heterocycles. The molecule has 0 atom stereocenters. The fraction of sp³-hybridized carbons (Fsp3) is 0.348. The van der Waals surface area contributed by atoms with Gasteiger partial charge >= 0.3 is 0 Å². The first-order valence-electron chi connectivity index (χ1n) is 9.47. The Morgan fingerprint density at radius 1 is 1.11 bits per heavy atom. The topological polar surface area (TPSA) is 58.6 Å². The summed E-state index contributed by atoms with van der Waals surface area (Å²) in [7, 11) is 3.44. The summed E-state index contributed by atoms with van der Waals surface area (Å²) in [5.41, 5.74) is 4.08. The predicted octanol–water partition coefficient (Wildman–Crippen LogP) is 5.24. The molecule has 27 heavy (non-hydrogen) atoms. The molecule has 0 heterocycles. The molecule has 0 bridgehead atoms. The first-order chi connectivity index (χ1) is 13.0. The Hall–Kier alpha value is -2.75. The fourth-order valence-electron chi connectivity index (χ4n) is 3.16. The standard InChI is InChI=1S/C23H29NO3/c1-5-7-17-15-18(8-6-2)23(27-4)20(22(17)26)13-14-21(25)16-9-11-19(24-3)12-10-16/h9-15,24,26H,5-8H2,1-4H3/b14-13+. The molecule has 144 valence electrons. The first-order valence-corrected chi connectivity index (χ1v) is 9.47. The van der Waals surface area contributed by atoms with Crippen LogP contribution in [0.5, 0.6) is 11.5 Å². The molecular formula is C23H29NO3. The Kier molecular flexibility index (Phi) is 7.47. The minimum absolute atomic E-state index is 0.114. The summed E-state index contributed by atoms with van der Waals surface area (Å²) in [5.74, 6) is 0.726. The van der Waals surface area contributed by atoms with Crippen LogP contribution in [0.3, 0.4) is 0 Å². The number of anilines is 1. The number of nitrogens with one attached hydrogen (secondary N) is 1. The Morgan fingerprint density at radius 2 is 1.74 bits per heavy atom. The van der Waals surface area contributed by atoms with Gasteiger partial charge in [0, 0.05) is 18.3 Å². The number of allylic oxidation sites excluding steroid dienone is 1. The van der Waals surface area contributed by atoms with E-state index in [-0.39, 0.29) is 11.5 Å². The van der Waals surface area contributed by atoms with E-state index in [1.807, 2.05) is 25.2 Å². The number of ketones is 1. The molecule has 0 spiro atoms. The lowest BCUT2D eigenvalue weighted by molar-refractivity contribution is 0.104. The maximum Gasteiger partial charge on any atom is 0.185 e. The number of ether oxygens (including phenoxy) is 1. The Bertz CT molecular complexity index is 807. The lowest BCUT2D eigenvalue weighted by Gasteiger charge is -2.16. The van der Waals surface area contributed by atoms with Gasteiger partial charge in [0.2, 0.25) is 0 Å². The molecule has 4 heteroatoms. The zero-order valence-corrected chi connectivity index (χ0v) is 16.6. The monoisotopic (exact) mass is 367 g/mol. The summed E-state index contributed by atoms with van der Waals surface area (Å²) in [6.45, 7) is 4.19. The minimum atomic E-state index is -0.114. The third kappa shape index (κ3) is 4.91. The number of hydrogen-bond donors (Lipinski definition) is 2. The molecule has 0 radical (unpaired) electrons. The van der Waals surface area contributed by atoms with Crippen LogP contribution in [0.4, 0.5) is 5.69 Å². The van der Waals surface area contributed by atoms with Gasteiger partial charge in [-0.25, -0.2) is 0 Å². The van der Waals surface area contributed by atoms with Crippen molar-refractivity contribution >= 4 is 17.5 Å². The zero-order chi connectivity index (χ0) is 19.8. The highest BCUT2D eigenvalue weighted by Crippen LogP contribution is 2.37. The smallest absolute Gasteiger partial charge is 0.185 e. The van der Waals surface area contributed by atoms with E-state index in [2.05, 4.69) is 19.2 Å². The van der Waals surface area contributed by atoms with Gasteiger partial charge in [0.25, 0.3) is 0 Å². The van der Waals surface area contributed by atoms with Crippen molar-refractivity contribution in [3.8, 4) is 11.5 Å². The number of rotatable bonds is 9. The molecular weight excluding hydrogens is 338 g/mol. The lowest BCUT2D eigenvalue weighted by Crippen LogP contribution is -2.00. The van der Waals surface area contributed by atoms with E-state index >= 15 is 0 Å². The summed E-state index contributed by atoms with van der Waals surface area (Å²) >= 11 is 0. The van der Waals surface area contributed by atoms with E-state index < -0.39 is 0 Å². The van der Waals surface area contributed by atoms with Crippen LogP contribution in [0, 0.1) is 0 Å². The average molecular weight is 367 g/mol. The molecule has 0 amide bonds. The van der Waals surface area contributed by atoms with Gasteiger partial charge in [-0.1, -0.05) is 26.7 Å². The summed E-state index contributed by atoms with van der Waals surface area (Å²) < 4.78 is 5.58. The molecule has 2 N–H and O–H groups in total. The van der Waals surface area contributed by atoms with Crippen LogP contribution in [-0.2, 0) is 12.8 Å². The van der Waals surface area contributed by atoms with E-state index in [1.165, 1.54) is 6.08 Å². The van der Waals surface area contributed by atoms with Crippen LogP contribution in [0.25, 0.3) is 6.08 Å². The van der Waals surface area contributed by atoms with Gasteiger partial charge in [0.1, 0.15) is 11.5 Å². The van der Waals surface area contributed by atoms with E-state index in [4.69, 9.17) is 4.74 Å². The maximum atomic E-state index is 12.5. The van der Waals surface area contributed by atoms with Gasteiger partial charge in [0.15, 0.2) is 5.78 Å². The van der Waals surface area contributed by atoms with Crippen LogP contribution >= 0.6 is 0 Å². The molecule has 0 aliphatic heterocycles. The number of phenolic OH excluding ortho intramolecular Hbond substituents is 1. The van der Waals surface area contributed by atoms with Crippen LogP contribution in [-0.4, -0.2) is 25.0 Å². The van der Waals surface area contributed by atoms with E-state index in [0.717, 1.165) is 42.5 Å². The minimum Gasteiger partial charge on any atom is -0.507 e. The highest BCUT2D eigenvalue weighted by molar-refractivity contribution is 6.07. The highest BCUT2D eigenvalue weighted by atomic mass is 16.5. The second-order valence-corrected chi connectivity index (χ2v) is 6.52. The Balaban J connectivity index is 2.42. The van der Waals surface area contributed by atoms with E-state index in [0.29, 0.717) is 16.9 Å². The predicted molar refractivity (Wildman–Crippen MR) is 112 cm³/mol. The molecule has 2 aromatic rings. The van der Waals surface area contributed by atoms with Crippen molar-refractivity contribution in [3.63, 3.8) is 0 Å². The lowest BCUT2D eigenvalue weighted by atomic mass is 9.96. The number of aryl methyl sites for hydroxylation is 2. The maximum absolute atomic E-state index is 12.5. The Morgan fingerprint density at radius 3 is 2.30 bits per heavy atom.